The van der Waals surface area contributed by atoms with Gasteiger partial charge in [-0.05, 0) is 12.1 Å². The lowest BCUT2D eigenvalue weighted by Gasteiger charge is -2.62. The molecule has 0 aliphatic heterocycles. The van der Waals surface area contributed by atoms with Crippen molar-refractivity contribution in [1.82, 2.24) is 5.32 Å². The Bertz CT molecular complexity index is 586. The normalized spacial score (nSPS) is 26.1. The molecule has 21 heavy (non-hydrogen) atoms. The predicted molar refractivity (Wildman–Crippen MR) is 78.2 cm³/mol. The van der Waals surface area contributed by atoms with E-state index in [0.29, 0.717) is 0 Å². The Morgan fingerprint density at radius 3 is 2.24 bits per heavy atom. The summed E-state index contributed by atoms with van der Waals surface area (Å²) in [5, 5.41) is 2.41. The summed E-state index contributed by atoms with van der Waals surface area (Å²) >= 11 is 5.48. The summed E-state index contributed by atoms with van der Waals surface area (Å²) < 4.78 is 27.2. The largest absolute Gasteiger partial charge is 0.348 e. The van der Waals surface area contributed by atoms with Crippen molar-refractivity contribution in [3.8, 4) is 0 Å². The molecule has 0 bridgehead atoms. The maximum Gasteiger partial charge on any atom is 0.254 e. The Morgan fingerprint density at radius 1 is 1.19 bits per heavy atom. The van der Waals surface area contributed by atoms with Crippen molar-refractivity contribution in [1.29, 1.82) is 0 Å². The molecule has 1 saturated carbocycles. The fourth-order valence-electron chi connectivity index (χ4n) is 3.46. The molecule has 116 valence electrons. The second-order valence-electron chi connectivity index (χ2n) is 6.77. The van der Waals surface area contributed by atoms with Gasteiger partial charge in [-0.15, -0.1) is 0 Å². The minimum atomic E-state index is -0.849. The van der Waals surface area contributed by atoms with Crippen LogP contribution in [0.5, 0.6) is 0 Å². The highest BCUT2D eigenvalue weighted by Gasteiger charge is 2.60. The first kappa shape index (κ1) is 16.2. The highest BCUT2D eigenvalue weighted by molar-refractivity contribution is 6.30. The van der Waals surface area contributed by atoms with Crippen molar-refractivity contribution in [2.24, 2.45) is 16.6 Å². The van der Waals surface area contributed by atoms with E-state index in [1.165, 1.54) is 0 Å². The SMILES string of the molecule is CC1(C)C(N)C(C)(C)C1NC(=O)c1cc(F)c(Cl)cc1F. The summed E-state index contributed by atoms with van der Waals surface area (Å²) in [6.07, 6.45) is 0. The number of nitrogens with two attached hydrogens (primary N) is 1. The van der Waals surface area contributed by atoms with Crippen LogP contribution in [0, 0.1) is 22.5 Å². The van der Waals surface area contributed by atoms with Crippen LogP contribution in [0.25, 0.3) is 0 Å². The average Bonchev–Trinajstić information content (AvgIpc) is 2.38. The van der Waals surface area contributed by atoms with Crippen LogP contribution in [0.4, 0.5) is 8.78 Å². The van der Waals surface area contributed by atoms with Crippen molar-refractivity contribution in [2.45, 2.75) is 39.8 Å². The molecular formula is C15H19ClF2N2O. The number of halogens is 3. The van der Waals surface area contributed by atoms with E-state index in [-0.39, 0.29) is 33.5 Å². The van der Waals surface area contributed by atoms with E-state index in [1.807, 2.05) is 27.7 Å². The molecule has 0 atom stereocenters. The van der Waals surface area contributed by atoms with E-state index < -0.39 is 17.5 Å². The molecule has 1 fully saturated rings. The van der Waals surface area contributed by atoms with Crippen LogP contribution in [0.3, 0.4) is 0 Å². The second-order valence-corrected chi connectivity index (χ2v) is 7.18. The zero-order valence-electron chi connectivity index (χ0n) is 12.4. The number of rotatable bonds is 2. The maximum atomic E-state index is 13.8. The standard InChI is InChI=1S/C15H19ClF2N2O/c1-14(2)12(19)15(3,4)13(14)20-11(21)7-5-10(18)8(16)6-9(7)17/h5-6,12-13H,19H2,1-4H3,(H,20,21). The highest BCUT2D eigenvalue weighted by atomic mass is 35.5. The molecule has 1 aliphatic rings. The van der Waals surface area contributed by atoms with Gasteiger partial charge in [0, 0.05) is 22.9 Å². The van der Waals surface area contributed by atoms with Gasteiger partial charge in [0.25, 0.3) is 5.91 Å². The van der Waals surface area contributed by atoms with Gasteiger partial charge < -0.3 is 11.1 Å². The molecular weight excluding hydrogens is 298 g/mol. The Morgan fingerprint density at radius 2 is 1.71 bits per heavy atom. The molecule has 2 rings (SSSR count). The van der Waals surface area contributed by atoms with E-state index in [0.717, 1.165) is 12.1 Å². The Hall–Kier alpha value is -1.20. The number of hydrogen-bond donors (Lipinski definition) is 2. The van der Waals surface area contributed by atoms with Crippen LogP contribution in [0.2, 0.25) is 5.02 Å². The topological polar surface area (TPSA) is 55.1 Å². The molecule has 3 nitrogen and oxygen atoms in total. The molecule has 1 aliphatic carbocycles. The van der Waals surface area contributed by atoms with Gasteiger partial charge >= 0.3 is 0 Å². The van der Waals surface area contributed by atoms with Crippen molar-refractivity contribution >= 4 is 17.5 Å². The zero-order valence-corrected chi connectivity index (χ0v) is 13.2. The third-order valence-electron chi connectivity index (χ3n) is 4.62. The van der Waals surface area contributed by atoms with Crippen molar-refractivity contribution in [3.63, 3.8) is 0 Å². The van der Waals surface area contributed by atoms with Gasteiger partial charge in [-0.1, -0.05) is 39.3 Å². The summed E-state index contributed by atoms with van der Waals surface area (Å²) in [6.45, 7) is 7.75. The summed E-state index contributed by atoms with van der Waals surface area (Å²) in [5.41, 5.74) is 5.11. The first-order valence-electron chi connectivity index (χ1n) is 6.70. The molecule has 0 heterocycles. The number of hydrogen-bond acceptors (Lipinski definition) is 2. The van der Waals surface area contributed by atoms with Gasteiger partial charge in [0.2, 0.25) is 0 Å². The van der Waals surface area contributed by atoms with Gasteiger partial charge in [0.1, 0.15) is 11.6 Å². The lowest BCUT2D eigenvalue weighted by atomic mass is 9.48. The lowest BCUT2D eigenvalue weighted by molar-refractivity contribution is -0.0664. The van der Waals surface area contributed by atoms with Crippen molar-refractivity contribution < 1.29 is 13.6 Å². The molecule has 1 aromatic carbocycles. The van der Waals surface area contributed by atoms with Crippen LogP contribution < -0.4 is 11.1 Å². The van der Waals surface area contributed by atoms with Crippen LogP contribution in [-0.4, -0.2) is 18.0 Å². The van der Waals surface area contributed by atoms with E-state index in [9.17, 15) is 13.6 Å². The predicted octanol–water partition coefficient (Wildman–Crippen LogP) is 3.11. The molecule has 0 radical (unpaired) electrons. The van der Waals surface area contributed by atoms with Crippen LogP contribution in [-0.2, 0) is 0 Å². The minimum absolute atomic E-state index is 0.0953. The fourth-order valence-corrected chi connectivity index (χ4v) is 3.61. The quantitative estimate of drug-likeness (QED) is 0.824. The number of benzene rings is 1. The molecule has 1 aromatic rings. The summed E-state index contributed by atoms with van der Waals surface area (Å²) in [6, 6.07) is 1.29. The first-order valence-corrected chi connectivity index (χ1v) is 7.08. The van der Waals surface area contributed by atoms with Crippen LogP contribution >= 0.6 is 11.6 Å². The van der Waals surface area contributed by atoms with E-state index in [1.54, 1.807) is 0 Å². The van der Waals surface area contributed by atoms with Crippen LogP contribution in [0.15, 0.2) is 12.1 Å². The second kappa shape index (κ2) is 4.92. The maximum absolute atomic E-state index is 13.8. The molecule has 1 amide bonds. The number of amides is 1. The number of carbonyl (C=O) groups is 1. The van der Waals surface area contributed by atoms with Crippen molar-refractivity contribution in [2.75, 3.05) is 0 Å². The van der Waals surface area contributed by atoms with Gasteiger partial charge in [0.05, 0.1) is 10.6 Å². The van der Waals surface area contributed by atoms with Crippen molar-refractivity contribution in [3.05, 3.63) is 34.4 Å². The average molecular weight is 317 g/mol. The third-order valence-corrected chi connectivity index (χ3v) is 4.91. The van der Waals surface area contributed by atoms with Crippen LogP contribution in [0.1, 0.15) is 38.1 Å². The summed E-state index contributed by atoms with van der Waals surface area (Å²) in [5.74, 6) is -2.34. The Labute approximate surface area is 127 Å². The molecule has 0 spiro atoms. The Balaban J connectivity index is 2.25. The van der Waals surface area contributed by atoms with E-state index in [4.69, 9.17) is 17.3 Å². The number of nitrogens with one attached hydrogen (secondary N) is 1. The first-order chi connectivity index (χ1) is 9.49. The minimum Gasteiger partial charge on any atom is -0.348 e. The van der Waals surface area contributed by atoms with Gasteiger partial charge in [0.15, 0.2) is 0 Å². The van der Waals surface area contributed by atoms with E-state index in [2.05, 4.69) is 5.32 Å². The summed E-state index contributed by atoms with van der Waals surface area (Å²) in [4.78, 5) is 12.2. The third kappa shape index (κ3) is 2.42. The van der Waals surface area contributed by atoms with Gasteiger partial charge in [-0.3, -0.25) is 4.79 Å². The lowest BCUT2D eigenvalue weighted by Crippen LogP contribution is -2.76. The van der Waals surface area contributed by atoms with Gasteiger partial charge in [-0.25, -0.2) is 8.78 Å². The zero-order chi connectivity index (χ0) is 16.2. The molecule has 6 heteroatoms. The molecule has 3 N–H and O–H groups in total. The van der Waals surface area contributed by atoms with E-state index >= 15 is 0 Å². The highest BCUT2D eigenvalue weighted by Crippen LogP contribution is 2.52. The molecule has 0 saturated heterocycles. The van der Waals surface area contributed by atoms with Gasteiger partial charge in [-0.2, -0.15) is 0 Å². The Kier molecular flexibility index (Phi) is 3.79. The number of carbonyl (C=O) groups excluding carboxylic acids is 1. The molecule has 0 aromatic heterocycles. The monoisotopic (exact) mass is 316 g/mol. The fraction of sp³-hybridized carbons (Fsp3) is 0.533. The molecule has 0 unspecified atom stereocenters. The summed E-state index contributed by atoms with van der Waals surface area (Å²) in [7, 11) is 0. The smallest absolute Gasteiger partial charge is 0.254 e.